The van der Waals surface area contributed by atoms with Crippen LogP contribution in [-0.2, 0) is 4.79 Å². The number of nitrogens with two attached hydrogens (primary N) is 1. The molecule has 2 aliphatic rings. The fourth-order valence-corrected chi connectivity index (χ4v) is 3.10. The minimum Gasteiger partial charge on any atom is -0.409 e. The number of carbonyl (C=O) groups is 1. The highest BCUT2D eigenvalue weighted by Crippen LogP contribution is 2.38. The standard InChI is InChI=1S/C14H25N3O2/c1-10-8-11(10)9-16-13(18)14(12(15)17-19)6-4-2-3-5-7-14/h10-11,19H,2-9H2,1H3,(H2,15,17)(H,16,18). The summed E-state index contributed by atoms with van der Waals surface area (Å²) in [5.74, 6) is 1.35. The van der Waals surface area contributed by atoms with E-state index < -0.39 is 5.41 Å². The molecule has 0 heterocycles. The lowest BCUT2D eigenvalue weighted by molar-refractivity contribution is -0.128. The zero-order chi connectivity index (χ0) is 13.9. The molecule has 0 aliphatic heterocycles. The monoisotopic (exact) mass is 267 g/mol. The van der Waals surface area contributed by atoms with Gasteiger partial charge in [-0.25, -0.2) is 0 Å². The first-order valence-electron chi connectivity index (χ1n) is 7.36. The van der Waals surface area contributed by atoms with Gasteiger partial charge in [0.15, 0.2) is 5.84 Å². The number of oxime groups is 1. The summed E-state index contributed by atoms with van der Waals surface area (Å²) in [7, 11) is 0. The zero-order valence-electron chi connectivity index (χ0n) is 11.7. The van der Waals surface area contributed by atoms with E-state index in [4.69, 9.17) is 10.9 Å². The van der Waals surface area contributed by atoms with E-state index in [1.165, 1.54) is 6.42 Å². The third kappa shape index (κ3) is 3.01. The molecule has 0 spiro atoms. The molecule has 2 unspecified atom stereocenters. The van der Waals surface area contributed by atoms with Crippen LogP contribution in [-0.4, -0.2) is 23.5 Å². The van der Waals surface area contributed by atoms with Gasteiger partial charge in [-0.2, -0.15) is 0 Å². The summed E-state index contributed by atoms with van der Waals surface area (Å²) in [6.07, 6.45) is 6.73. The van der Waals surface area contributed by atoms with Gasteiger partial charge in [0.25, 0.3) is 0 Å². The van der Waals surface area contributed by atoms with Crippen molar-refractivity contribution in [2.24, 2.45) is 28.1 Å². The molecule has 2 atom stereocenters. The Morgan fingerprint density at radius 2 is 1.95 bits per heavy atom. The third-order valence-corrected chi connectivity index (χ3v) is 4.79. The summed E-state index contributed by atoms with van der Waals surface area (Å²) >= 11 is 0. The average Bonchev–Trinajstić information content (AvgIpc) is 3.17. The molecule has 0 aromatic rings. The summed E-state index contributed by atoms with van der Waals surface area (Å²) in [6, 6.07) is 0. The van der Waals surface area contributed by atoms with E-state index in [1.54, 1.807) is 0 Å². The molecule has 5 nitrogen and oxygen atoms in total. The number of hydrogen-bond donors (Lipinski definition) is 3. The Bertz CT molecular complexity index is 360. The smallest absolute Gasteiger partial charge is 0.233 e. The van der Waals surface area contributed by atoms with Crippen molar-refractivity contribution in [1.29, 1.82) is 0 Å². The second-order valence-electron chi connectivity index (χ2n) is 6.16. The van der Waals surface area contributed by atoms with Gasteiger partial charge >= 0.3 is 0 Å². The highest BCUT2D eigenvalue weighted by molar-refractivity contribution is 6.06. The van der Waals surface area contributed by atoms with Crippen molar-refractivity contribution >= 4 is 11.7 Å². The number of nitrogens with zero attached hydrogens (tertiary/aromatic N) is 1. The SMILES string of the molecule is CC1CC1CNC(=O)C1(C(N)=NO)CCCCCC1. The zero-order valence-corrected chi connectivity index (χ0v) is 11.7. The molecule has 108 valence electrons. The van der Waals surface area contributed by atoms with Gasteiger partial charge in [0.2, 0.25) is 5.91 Å². The van der Waals surface area contributed by atoms with Crippen LogP contribution in [0.5, 0.6) is 0 Å². The minimum absolute atomic E-state index is 0.0520. The molecule has 0 aromatic carbocycles. The van der Waals surface area contributed by atoms with Crippen molar-refractivity contribution in [3.63, 3.8) is 0 Å². The van der Waals surface area contributed by atoms with Crippen LogP contribution in [0.3, 0.4) is 0 Å². The van der Waals surface area contributed by atoms with E-state index in [1.807, 2.05) is 0 Å². The highest BCUT2D eigenvalue weighted by Gasteiger charge is 2.43. The van der Waals surface area contributed by atoms with Gasteiger partial charge in [0.05, 0.1) is 0 Å². The first-order chi connectivity index (χ1) is 9.10. The molecule has 2 fully saturated rings. The van der Waals surface area contributed by atoms with Crippen LogP contribution in [0.4, 0.5) is 0 Å². The Labute approximate surface area is 114 Å². The molecular weight excluding hydrogens is 242 g/mol. The molecular formula is C14H25N3O2. The Hall–Kier alpha value is -1.26. The summed E-state index contributed by atoms with van der Waals surface area (Å²) in [6.45, 7) is 2.92. The van der Waals surface area contributed by atoms with Crippen molar-refractivity contribution in [2.75, 3.05) is 6.54 Å². The van der Waals surface area contributed by atoms with Crippen molar-refractivity contribution in [2.45, 2.75) is 51.9 Å². The van der Waals surface area contributed by atoms with Crippen LogP contribution < -0.4 is 11.1 Å². The second kappa shape index (κ2) is 5.80. The Balaban J connectivity index is 2.04. The van der Waals surface area contributed by atoms with Gasteiger partial charge in [0, 0.05) is 6.54 Å². The molecule has 5 heteroatoms. The van der Waals surface area contributed by atoms with E-state index in [2.05, 4.69) is 17.4 Å². The number of amides is 1. The molecule has 19 heavy (non-hydrogen) atoms. The maximum Gasteiger partial charge on any atom is 0.233 e. The van der Waals surface area contributed by atoms with Crippen molar-refractivity contribution in [3.8, 4) is 0 Å². The molecule has 0 aromatic heterocycles. The van der Waals surface area contributed by atoms with Crippen molar-refractivity contribution in [1.82, 2.24) is 5.32 Å². The number of amidine groups is 1. The second-order valence-corrected chi connectivity index (χ2v) is 6.16. The fourth-order valence-electron chi connectivity index (χ4n) is 3.10. The van der Waals surface area contributed by atoms with Gasteiger partial charge in [-0.3, -0.25) is 4.79 Å². The topological polar surface area (TPSA) is 87.7 Å². The maximum atomic E-state index is 12.5. The van der Waals surface area contributed by atoms with Crippen LogP contribution in [0.1, 0.15) is 51.9 Å². The number of hydrogen-bond acceptors (Lipinski definition) is 3. The van der Waals surface area contributed by atoms with Crippen LogP contribution in [0.25, 0.3) is 0 Å². The molecule has 0 bridgehead atoms. The normalized spacial score (nSPS) is 30.5. The van der Waals surface area contributed by atoms with E-state index in [0.717, 1.165) is 32.2 Å². The Morgan fingerprint density at radius 1 is 1.37 bits per heavy atom. The first kappa shape index (κ1) is 14.2. The summed E-state index contributed by atoms with van der Waals surface area (Å²) < 4.78 is 0. The van der Waals surface area contributed by atoms with Crippen LogP contribution in [0.15, 0.2) is 5.16 Å². The predicted molar refractivity (Wildman–Crippen MR) is 73.8 cm³/mol. The molecule has 0 saturated heterocycles. The van der Waals surface area contributed by atoms with E-state index >= 15 is 0 Å². The van der Waals surface area contributed by atoms with Crippen molar-refractivity contribution < 1.29 is 10.0 Å². The largest absolute Gasteiger partial charge is 0.409 e. The third-order valence-electron chi connectivity index (χ3n) is 4.79. The fraction of sp³-hybridized carbons (Fsp3) is 0.857. The lowest BCUT2D eigenvalue weighted by atomic mass is 9.78. The van der Waals surface area contributed by atoms with Crippen LogP contribution in [0.2, 0.25) is 0 Å². The Kier molecular flexibility index (Phi) is 4.32. The average molecular weight is 267 g/mol. The van der Waals surface area contributed by atoms with Gasteiger partial charge in [-0.15, -0.1) is 0 Å². The lowest BCUT2D eigenvalue weighted by Gasteiger charge is -2.29. The number of nitrogens with one attached hydrogen (secondary N) is 1. The van der Waals surface area contributed by atoms with Crippen LogP contribution >= 0.6 is 0 Å². The summed E-state index contributed by atoms with van der Waals surface area (Å²) in [5.41, 5.74) is 5.05. The predicted octanol–water partition coefficient (Wildman–Crippen LogP) is 1.85. The van der Waals surface area contributed by atoms with E-state index in [-0.39, 0.29) is 11.7 Å². The Morgan fingerprint density at radius 3 is 2.42 bits per heavy atom. The quantitative estimate of drug-likeness (QED) is 0.239. The number of rotatable bonds is 4. The summed E-state index contributed by atoms with van der Waals surface area (Å²) in [4.78, 5) is 12.5. The first-order valence-corrected chi connectivity index (χ1v) is 7.36. The molecule has 2 saturated carbocycles. The van der Waals surface area contributed by atoms with E-state index in [9.17, 15) is 4.79 Å². The summed E-state index contributed by atoms with van der Waals surface area (Å²) in [5, 5.41) is 15.2. The molecule has 2 rings (SSSR count). The lowest BCUT2D eigenvalue weighted by Crippen LogP contribution is -2.50. The van der Waals surface area contributed by atoms with Crippen LogP contribution in [0, 0.1) is 17.3 Å². The highest BCUT2D eigenvalue weighted by atomic mass is 16.4. The van der Waals surface area contributed by atoms with Gasteiger partial charge < -0.3 is 16.3 Å². The van der Waals surface area contributed by atoms with Crippen molar-refractivity contribution in [3.05, 3.63) is 0 Å². The van der Waals surface area contributed by atoms with Gasteiger partial charge in [-0.1, -0.05) is 37.8 Å². The molecule has 0 radical (unpaired) electrons. The van der Waals surface area contributed by atoms with Gasteiger partial charge in [0.1, 0.15) is 5.41 Å². The molecule has 2 aliphatic carbocycles. The van der Waals surface area contributed by atoms with E-state index in [0.29, 0.717) is 24.7 Å². The number of carbonyl (C=O) groups excluding carboxylic acids is 1. The molecule has 1 amide bonds. The minimum atomic E-state index is -0.788. The maximum absolute atomic E-state index is 12.5. The molecule has 4 N–H and O–H groups in total. The van der Waals surface area contributed by atoms with Gasteiger partial charge in [-0.05, 0) is 31.1 Å².